The maximum absolute atomic E-state index is 12.0. The normalized spacial score (nSPS) is 60.2. The second kappa shape index (κ2) is 8.58. The lowest BCUT2D eigenvalue weighted by Crippen LogP contribution is -2.78. The van der Waals surface area contributed by atoms with Crippen molar-refractivity contribution in [2.24, 2.45) is 46.3 Å². The van der Waals surface area contributed by atoms with Crippen LogP contribution in [0.1, 0.15) is 72.6 Å². The molecule has 5 N–H and O–H groups in total. The van der Waals surface area contributed by atoms with E-state index >= 15 is 0 Å². The summed E-state index contributed by atoms with van der Waals surface area (Å²) in [4.78, 5) is 0. The molecule has 11 heteroatoms. The Morgan fingerprint density at radius 1 is 0.947 bits per heavy atom. The molecule has 15 atom stereocenters. The van der Waals surface area contributed by atoms with Gasteiger partial charge in [-0.25, -0.2) is 4.18 Å². The van der Waals surface area contributed by atoms with Gasteiger partial charge in [-0.05, 0) is 73.5 Å². The molecule has 2 aliphatic heterocycles. The van der Waals surface area contributed by atoms with Gasteiger partial charge in [0.05, 0.1) is 18.8 Å². The van der Waals surface area contributed by atoms with Gasteiger partial charge in [0.1, 0.15) is 23.9 Å². The predicted molar refractivity (Wildman–Crippen MR) is 134 cm³/mol. The molecule has 2 saturated heterocycles. The average Bonchev–Trinajstić information content (AvgIpc) is 3.29. The first-order chi connectivity index (χ1) is 17.6. The number of aliphatic hydroxyl groups excluding tert-OH is 3. The number of hydrogen-bond acceptors (Lipinski definition) is 9. The molecular formula is C27H44O10S. The fourth-order valence-electron chi connectivity index (χ4n) is 10.6. The van der Waals surface area contributed by atoms with Gasteiger partial charge in [-0.3, -0.25) is 4.55 Å². The summed E-state index contributed by atoms with van der Waals surface area (Å²) in [5.74, 6) is 0.693. The Hall–Kier alpha value is -0.370. The standard InChI is InChI=1S/C27H44O10S/c1-13-5-10-27(35-12-13)14(2)19-18(36-27)11-17-15-6-9-26(31)23(37-38(32,33)34)21(29)20(28)22(30)25(26,4)16(15)7-8-24(17,19)3/h13-23,28-31H,5-12H2,1-4H3,(H,32,33,34)/t13-,14?,15-,16+,17+,18?,19?,20-,21+,22-,23+,24+,25+,26+,27-/m1/s1. The van der Waals surface area contributed by atoms with E-state index < -0.39 is 51.6 Å². The molecule has 1 spiro atoms. The Morgan fingerprint density at radius 3 is 2.29 bits per heavy atom. The van der Waals surface area contributed by atoms with E-state index in [1.54, 1.807) is 6.92 Å². The van der Waals surface area contributed by atoms with Crippen LogP contribution in [-0.4, -0.2) is 81.9 Å². The molecule has 6 rings (SSSR count). The van der Waals surface area contributed by atoms with E-state index in [9.17, 15) is 33.4 Å². The minimum Gasteiger partial charge on any atom is -0.390 e. The average molecular weight is 561 g/mol. The number of rotatable bonds is 2. The third-order valence-corrected chi connectivity index (χ3v) is 13.0. The SMILES string of the molecule is CC1C2C(C[C@H]3[C@@H]4CC[C@]5(O)[C@@H](OS(=O)(=O)O)[C@@H](O)[C@@H](O)[C@@H](O)[C@]5(C)[C@H]4CC[C@]23C)O[C@]12CC[C@@H](C)CO2. The zero-order valence-electron chi connectivity index (χ0n) is 22.7. The lowest BCUT2D eigenvalue weighted by Gasteiger charge is -2.67. The topological polar surface area (TPSA) is 163 Å². The number of aliphatic hydroxyl groups is 4. The maximum atomic E-state index is 12.0. The Balaban J connectivity index is 1.32. The molecule has 0 aromatic heterocycles. The molecule has 2 heterocycles. The molecule has 10 nitrogen and oxygen atoms in total. The number of hydrogen-bond donors (Lipinski definition) is 5. The van der Waals surface area contributed by atoms with Crippen LogP contribution < -0.4 is 0 Å². The van der Waals surface area contributed by atoms with E-state index in [1.807, 2.05) is 0 Å². The van der Waals surface area contributed by atoms with Crippen molar-refractivity contribution >= 4 is 10.4 Å². The van der Waals surface area contributed by atoms with Gasteiger partial charge in [0.25, 0.3) is 0 Å². The van der Waals surface area contributed by atoms with Gasteiger partial charge in [0.15, 0.2) is 5.79 Å². The largest absolute Gasteiger partial charge is 0.397 e. The highest BCUT2D eigenvalue weighted by Crippen LogP contribution is 2.72. The molecule has 38 heavy (non-hydrogen) atoms. The summed E-state index contributed by atoms with van der Waals surface area (Å²) in [6, 6.07) is 0. The van der Waals surface area contributed by atoms with Crippen LogP contribution in [-0.2, 0) is 24.1 Å². The van der Waals surface area contributed by atoms with Crippen molar-refractivity contribution in [3.05, 3.63) is 0 Å². The second-order valence-electron chi connectivity index (χ2n) is 14.0. The monoisotopic (exact) mass is 560 g/mol. The maximum Gasteiger partial charge on any atom is 0.397 e. The highest BCUT2D eigenvalue weighted by molar-refractivity contribution is 7.80. The van der Waals surface area contributed by atoms with Crippen LogP contribution in [0.15, 0.2) is 0 Å². The van der Waals surface area contributed by atoms with Crippen LogP contribution >= 0.6 is 0 Å². The van der Waals surface area contributed by atoms with Crippen LogP contribution in [0.3, 0.4) is 0 Å². The quantitative estimate of drug-likeness (QED) is 0.314. The third-order valence-electron chi connectivity index (χ3n) is 12.6. The van der Waals surface area contributed by atoms with Crippen LogP contribution in [0.4, 0.5) is 0 Å². The molecule has 6 fully saturated rings. The van der Waals surface area contributed by atoms with Crippen molar-refractivity contribution in [3.8, 4) is 0 Å². The Bertz CT molecular complexity index is 1060. The summed E-state index contributed by atoms with van der Waals surface area (Å²) < 4.78 is 50.7. The Kier molecular flexibility index (Phi) is 6.27. The fraction of sp³-hybridized carbons (Fsp3) is 1.00. The highest BCUT2D eigenvalue weighted by atomic mass is 32.3. The molecule has 0 amide bonds. The van der Waals surface area contributed by atoms with Crippen LogP contribution in [0, 0.1) is 46.3 Å². The molecule has 0 radical (unpaired) electrons. The van der Waals surface area contributed by atoms with Crippen LogP contribution in [0.5, 0.6) is 0 Å². The van der Waals surface area contributed by atoms with Gasteiger partial charge in [0, 0.05) is 17.8 Å². The molecule has 0 aromatic rings. The first kappa shape index (κ1) is 27.8. The smallest absolute Gasteiger partial charge is 0.390 e. The minimum absolute atomic E-state index is 0.0188. The second-order valence-corrected chi connectivity index (χ2v) is 15.1. The molecule has 3 unspecified atom stereocenters. The summed E-state index contributed by atoms with van der Waals surface area (Å²) in [7, 11) is -5.04. The van der Waals surface area contributed by atoms with Crippen molar-refractivity contribution in [2.75, 3.05) is 6.61 Å². The molecule has 0 aromatic carbocycles. The minimum atomic E-state index is -5.04. The molecule has 6 aliphatic rings. The zero-order chi connectivity index (χ0) is 27.6. The number of fused-ring (bicyclic) bond motifs is 7. The van der Waals surface area contributed by atoms with Crippen molar-refractivity contribution in [2.45, 2.75) is 115 Å². The number of ether oxygens (including phenoxy) is 2. The van der Waals surface area contributed by atoms with E-state index in [1.165, 1.54) is 0 Å². The van der Waals surface area contributed by atoms with Crippen LogP contribution in [0.25, 0.3) is 0 Å². The van der Waals surface area contributed by atoms with Gasteiger partial charge >= 0.3 is 10.4 Å². The van der Waals surface area contributed by atoms with Gasteiger partial charge in [0.2, 0.25) is 0 Å². The van der Waals surface area contributed by atoms with E-state index in [0.717, 1.165) is 25.7 Å². The summed E-state index contributed by atoms with van der Waals surface area (Å²) in [5, 5.41) is 44.8. The summed E-state index contributed by atoms with van der Waals surface area (Å²) in [6.07, 6.45) is -1.90. The van der Waals surface area contributed by atoms with Crippen molar-refractivity contribution in [1.82, 2.24) is 0 Å². The van der Waals surface area contributed by atoms with Crippen molar-refractivity contribution in [3.63, 3.8) is 0 Å². The van der Waals surface area contributed by atoms with Gasteiger partial charge in [-0.2, -0.15) is 8.42 Å². The lowest BCUT2D eigenvalue weighted by atomic mass is 9.41. The molecule has 218 valence electrons. The van der Waals surface area contributed by atoms with E-state index in [4.69, 9.17) is 13.7 Å². The van der Waals surface area contributed by atoms with E-state index in [2.05, 4.69) is 20.8 Å². The van der Waals surface area contributed by atoms with Gasteiger partial charge < -0.3 is 29.9 Å². The van der Waals surface area contributed by atoms with Crippen molar-refractivity contribution in [1.29, 1.82) is 0 Å². The lowest BCUT2D eigenvalue weighted by molar-refractivity contribution is -0.320. The Morgan fingerprint density at radius 2 is 1.66 bits per heavy atom. The molecule has 0 bridgehead atoms. The zero-order valence-corrected chi connectivity index (χ0v) is 23.5. The first-order valence-electron chi connectivity index (χ1n) is 14.3. The summed E-state index contributed by atoms with van der Waals surface area (Å²) >= 11 is 0. The third kappa shape index (κ3) is 3.49. The summed E-state index contributed by atoms with van der Waals surface area (Å²) in [5.41, 5.74) is -3.35. The van der Waals surface area contributed by atoms with E-state index in [-0.39, 0.29) is 41.6 Å². The Labute approximate surface area is 225 Å². The predicted octanol–water partition coefficient (Wildman–Crippen LogP) is 1.65. The van der Waals surface area contributed by atoms with Gasteiger partial charge in [-0.1, -0.05) is 27.7 Å². The summed E-state index contributed by atoms with van der Waals surface area (Å²) in [6.45, 7) is 9.21. The van der Waals surface area contributed by atoms with Crippen LogP contribution in [0.2, 0.25) is 0 Å². The van der Waals surface area contributed by atoms with Gasteiger partial charge in [-0.15, -0.1) is 0 Å². The molecule has 4 saturated carbocycles. The molecular weight excluding hydrogens is 516 g/mol. The first-order valence-corrected chi connectivity index (χ1v) is 15.7. The fourth-order valence-corrected chi connectivity index (χ4v) is 11.2. The highest BCUT2D eigenvalue weighted by Gasteiger charge is 2.75. The van der Waals surface area contributed by atoms with Crippen molar-refractivity contribution < 1.29 is 47.1 Å². The molecule has 4 aliphatic carbocycles. The van der Waals surface area contributed by atoms with E-state index in [0.29, 0.717) is 31.3 Å².